The molecular weight excluding hydrogens is 255 g/mol. The molecule has 0 spiro atoms. The van der Waals surface area contributed by atoms with Crippen LogP contribution in [-0.2, 0) is 10.0 Å². The fourth-order valence-corrected chi connectivity index (χ4v) is 3.62. The molecule has 1 fully saturated rings. The minimum atomic E-state index is -3.67. The van der Waals surface area contributed by atoms with Crippen LogP contribution in [0.25, 0.3) is 0 Å². The SMILES string of the molecule is Nc1cc(F)cc(S(=O)(=O)NC2CCCCC2)c1. The van der Waals surface area contributed by atoms with Gasteiger partial charge in [-0.1, -0.05) is 19.3 Å². The maximum absolute atomic E-state index is 13.2. The molecule has 0 unspecified atom stereocenters. The first kappa shape index (κ1) is 13.3. The predicted octanol–water partition coefficient (Wildman–Crippen LogP) is 2.02. The number of hydrogen-bond acceptors (Lipinski definition) is 3. The second kappa shape index (κ2) is 5.24. The molecule has 18 heavy (non-hydrogen) atoms. The molecule has 0 atom stereocenters. The lowest BCUT2D eigenvalue weighted by atomic mass is 9.96. The van der Waals surface area contributed by atoms with Crippen LogP contribution in [-0.4, -0.2) is 14.5 Å². The first-order chi connectivity index (χ1) is 8.47. The van der Waals surface area contributed by atoms with Crippen LogP contribution < -0.4 is 10.5 Å². The molecule has 2 rings (SSSR count). The summed E-state index contributed by atoms with van der Waals surface area (Å²) in [7, 11) is -3.67. The highest BCUT2D eigenvalue weighted by atomic mass is 32.2. The molecule has 6 heteroatoms. The van der Waals surface area contributed by atoms with Crippen LogP contribution in [0, 0.1) is 5.82 Å². The van der Waals surface area contributed by atoms with Crippen molar-refractivity contribution in [2.45, 2.75) is 43.0 Å². The first-order valence-corrected chi connectivity index (χ1v) is 7.54. The van der Waals surface area contributed by atoms with Gasteiger partial charge in [-0.25, -0.2) is 17.5 Å². The Morgan fingerprint density at radius 2 is 1.83 bits per heavy atom. The van der Waals surface area contributed by atoms with Crippen molar-refractivity contribution in [2.75, 3.05) is 5.73 Å². The third kappa shape index (κ3) is 3.20. The van der Waals surface area contributed by atoms with E-state index in [2.05, 4.69) is 4.72 Å². The maximum atomic E-state index is 13.2. The number of anilines is 1. The van der Waals surface area contributed by atoms with Crippen LogP contribution in [0.3, 0.4) is 0 Å². The van der Waals surface area contributed by atoms with Crippen molar-refractivity contribution >= 4 is 15.7 Å². The predicted molar refractivity (Wildman–Crippen MR) is 68.0 cm³/mol. The average Bonchev–Trinajstić information content (AvgIpc) is 2.28. The van der Waals surface area contributed by atoms with E-state index in [1.54, 1.807) is 0 Å². The molecule has 100 valence electrons. The smallest absolute Gasteiger partial charge is 0.240 e. The molecule has 1 aliphatic carbocycles. The number of halogens is 1. The van der Waals surface area contributed by atoms with E-state index in [4.69, 9.17) is 5.73 Å². The van der Waals surface area contributed by atoms with Gasteiger partial charge in [0.05, 0.1) is 4.90 Å². The lowest BCUT2D eigenvalue weighted by Gasteiger charge is -2.22. The van der Waals surface area contributed by atoms with Crippen molar-refractivity contribution in [3.05, 3.63) is 24.0 Å². The Balaban J connectivity index is 2.19. The molecule has 0 bridgehead atoms. The van der Waals surface area contributed by atoms with Crippen molar-refractivity contribution in [1.82, 2.24) is 4.72 Å². The Kier molecular flexibility index (Phi) is 3.87. The summed E-state index contributed by atoms with van der Waals surface area (Å²) in [4.78, 5) is -0.106. The molecule has 1 aliphatic rings. The van der Waals surface area contributed by atoms with Gasteiger partial charge in [-0.05, 0) is 31.0 Å². The van der Waals surface area contributed by atoms with Gasteiger partial charge in [-0.15, -0.1) is 0 Å². The summed E-state index contributed by atoms with van der Waals surface area (Å²) in [6.07, 6.45) is 4.87. The maximum Gasteiger partial charge on any atom is 0.240 e. The second-order valence-corrected chi connectivity index (χ2v) is 6.39. The lowest BCUT2D eigenvalue weighted by molar-refractivity contribution is 0.412. The number of nitrogens with one attached hydrogen (secondary N) is 1. The fraction of sp³-hybridized carbons (Fsp3) is 0.500. The Morgan fingerprint density at radius 1 is 1.17 bits per heavy atom. The quantitative estimate of drug-likeness (QED) is 0.827. The van der Waals surface area contributed by atoms with Gasteiger partial charge < -0.3 is 5.73 Å². The monoisotopic (exact) mass is 272 g/mol. The molecule has 3 N–H and O–H groups in total. The topological polar surface area (TPSA) is 72.2 Å². The molecule has 0 amide bonds. The lowest BCUT2D eigenvalue weighted by Crippen LogP contribution is -2.36. The minimum Gasteiger partial charge on any atom is -0.399 e. The van der Waals surface area contributed by atoms with Gasteiger partial charge in [0.15, 0.2) is 0 Å². The van der Waals surface area contributed by atoms with Crippen LogP contribution in [0.5, 0.6) is 0 Å². The van der Waals surface area contributed by atoms with Crippen molar-refractivity contribution in [1.29, 1.82) is 0 Å². The van der Waals surface area contributed by atoms with E-state index in [1.807, 2.05) is 0 Å². The van der Waals surface area contributed by atoms with Crippen LogP contribution in [0.1, 0.15) is 32.1 Å². The average molecular weight is 272 g/mol. The van der Waals surface area contributed by atoms with Crippen molar-refractivity contribution < 1.29 is 12.8 Å². The summed E-state index contributed by atoms with van der Waals surface area (Å²) < 4.78 is 39.9. The van der Waals surface area contributed by atoms with Crippen LogP contribution in [0.2, 0.25) is 0 Å². The number of rotatable bonds is 3. The third-order valence-corrected chi connectivity index (χ3v) is 4.63. The molecule has 0 radical (unpaired) electrons. The van der Waals surface area contributed by atoms with Crippen LogP contribution >= 0.6 is 0 Å². The van der Waals surface area contributed by atoms with E-state index in [-0.39, 0.29) is 16.6 Å². The van der Waals surface area contributed by atoms with E-state index < -0.39 is 15.8 Å². The van der Waals surface area contributed by atoms with E-state index in [0.29, 0.717) is 0 Å². The van der Waals surface area contributed by atoms with E-state index in [1.165, 1.54) is 6.07 Å². The molecule has 4 nitrogen and oxygen atoms in total. The molecule has 1 aromatic rings. The first-order valence-electron chi connectivity index (χ1n) is 6.06. The number of hydrogen-bond donors (Lipinski definition) is 2. The van der Waals surface area contributed by atoms with Crippen LogP contribution in [0.15, 0.2) is 23.1 Å². The molecule has 1 aromatic carbocycles. The largest absolute Gasteiger partial charge is 0.399 e. The summed E-state index contributed by atoms with van der Waals surface area (Å²) >= 11 is 0. The highest BCUT2D eigenvalue weighted by Gasteiger charge is 2.22. The zero-order valence-electron chi connectivity index (χ0n) is 10.0. The van der Waals surface area contributed by atoms with Gasteiger partial charge in [0, 0.05) is 11.7 Å². The Morgan fingerprint density at radius 3 is 2.44 bits per heavy atom. The van der Waals surface area contributed by atoms with E-state index in [0.717, 1.165) is 44.2 Å². The molecule has 0 aliphatic heterocycles. The van der Waals surface area contributed by atoms with Gasteiger partial charge in [0.2, 0.25) is 10.0 Å². The highest BCUT2D eigenvalue weighted by Crippen LogP contribution is 2.21. The number of nitrogen functional groups attached to an aromatic ring is 1. The Labute approximate surface area is 106 Å². The normalized spacial score (nSPS) is 17.8. The van der Waals surface area contributed by atoms with Gasteiger partial charge in [-0.2, -0.15) is 0 Å². The van der Waals surface area contributed by atoms with Gasteiger partial charge >= 0.3 is 0 Å². The van der Waals surface area contributed by atoms with E-state index in [9.17, 15) is 12.8 Å². The minimum absolute atomic E-state index is 0.0479. The summed E-state index contributed by atoms with van der Waals surface area (Å²) in [5, 5.41) is 0. The highest BCUT2D eigenvalue weighted by molar-refractivity contribution is 7.89. The number of benzene rings is 1. The second-order valence-electron chi connectivity index (χ2n) is 4.68. The van der Waals surface area contributed by atoms with Crippen molar-refractivity contribution in [2.24, 2.45) is 0 Å². The van der Waals surface area contributed by atoms with Gasteiger partial charge in [-0.3, -0.25) is 0 Å². The van der Waals surface area contributed by atoms with Gasteiger partial charge in [0.1, 0.15) is 5.82 Å². The number of nitrogens with two attached hydrogens (primary N) is 1. The zero-order chi connectivity index (χ0) is 13.2. The Bertz CT molecular complexity index is 505. The summed E-state index contributed by atoms with van der Waals surface area (Å²) in [6, 6.07) is 3.31. The van der Waals surface area contributed by atoms with Crippen molar-refractivity contribution in [3.8, 4) is 0 Å². The standard InChI is InChI=1S/C12H17FN2O2S/c13-9-6-10(14)8-12(7-9)18(16,17)15-11-4-2-1-3-5-11/h6-8,11,15H,1-5,14H2. The molecular formula is C12H17FN2O2S. The Hall–Kier alpha value is -1.14. The molecule has 0 saturated heterocycles. The van der Waals surface area contributed by atoms with E-state index >= 15 is 0 Å². The summed E-state index contributed by atoms with van der Waals surface area (Å²) in [6.45, 7) is 0. The molecule has 1 saturated carbocycles. The molecule has 0 heterocycles. The summed E-state index contributed by atoms with van der Waals surface area (Å²) in [5.74, 6) is -0.640. The fourth-order valence-electron chi connectivity index (χ4n) is 2.25. The third-order valence-electron chi connectivity index (χ3n) is 3.13. The van der Waals surface area contributed by atoms with Gasteiger partial charge in [0.25, 0.3) is 0 Å². The summed E-state index contributed by atoms with van der Waals surface area (Å²) in [5.41, 5.74) is 5.57. The zero-order valence-corrected chi connectivity index (χ0v) is 10.8. The van der Waals surface area contributed by atoms with Crippen molar-refractivity contribution in [3.63, 3.8) is 0 Å². The molecule has 0 aromatic heterocycles. The van der Waals surface area contributed by atoms with Crippen LogP contribution in [0.4, 0.5) is 10.1 Å². The number of sulfonamides is 1.